The summed E-state index contributed by atoms with van der Waals surface area (Å²) in [5, 5.41) is 14.5. The first-order valence-corrected chi connectivity index (χ1v) is 24.0. The van der Waals surface area contributed by atoms with Crippen molar-refractivity contribution in [3.8, 4) is 28.8 Å². The second kappa shape index (κ2) is 18.1. The van der Waals surface area contributed by atoms with Crippen LogP contribution in [0.2, 0.25) is 0 Å². The van der Waals surface area contributed by atoms with Crippen molar-refractivity contribution in [1.82, 2.24) is 29.8 Å². The van der Waals surface area contributed by atoms with Gasteiger partial charge in [-0.1, -0.05) is 26.0 Å². The van der Waals surface area contributed by atoms with Crippen molar-refractivity contribution in [2.45, 2.75) is 140 Å². The molecule has 2 aliphatic carbocycles. The van der Waals surface area contributed by atoms with Crippen LogP contribution in [-0.4, -0.2) is 117 Å². The van der Waals surface area contributed by atoms with Crippen molar-refractivity contribution in [3.63, 3.8) is 0 Å². The van der Waals surface area contributed by atoms with E-state index in [0.717, 1.165) is 4.90 Å². The summed E-state index contributed by atoms with van der Waals surface area (Å²) in [5.41, 5.74) is -3.81. The van der Waals surface area contributed by atoms with Gasteiger partial charge >= 0.3 is 12.3 Å². The zero-order valence-corrected chi connectivity index (χ0v) is 39.7. The first-order chi connectivity index (χ1) is 31.3. The second-order valence-electron chi connectivity index (χ2n) is 19.6. The van der Waals surface area contributed by atoms with Crippen LogP contribution in [0.5, 0.6) is 17.5 Å². The number of carbonyl (C=O) groups is 4. The molecule has 4 heterocycles. The number of rotatable bonds is 11. The van der Waals surface area contributed by atoms with Crippen LogP contribution < -0.4 is 24.2 Å². The summed E-state index contributed by atoms with van der Waals surface area (Å²) in [6.45, 7) is 9.60. The Bertz CT molecular complexity index is 2550. The summed E-state index contributed by atoms with van der Waals surface area (Å²) in [4.78, 5) is 67.7. The molecule has 3 fully saturated rings. The first kappa shape index (κ1) is 49.3. The normalized spacial score (nSPS) is 27.1. The molecule has 2 saturated carbocycles. The van der Waals surface area contributed by atoms with E-state index < -0.39 is 92.4 Å². The highest BCUT2D eigenvalue weighted by atomic mass is 32.2. The maximum absolute atomic E-state index is 15.3. The van der Waals surface area contributed by atoms with E-state index in [9.17, 15) is 41.1 Å². The van der Waals surface area contributed by atoms with E-state index in [2.05, 4.69) is 15.0 Å². The number of aromatic nitrogens is 2. The monoisotopic (exact) mass is 956 g/mol. The molecule has 4 amide bonds. The molecule has 0 radical (unpaired) electrons. The molecule has 16 nitrogen and oxygen atoms in total. The van der Waals surface area contributed by atoms with E-state index in [1.165, 1.54) is 21.0 Å². The van der Waals surface area contributed by atoms with Gasteiger partial charge in [0.1, 0.15) is 35.0 Å². The predicted octanol–water partition coefficient (Wildman–Crippen LogP) is 7.02. The molecule has 0 spiro atoms. The zero-order valence-electron chi connectivity index (χ0n) is 38.8. The minimum absolute atomic E-state index is 0.0290. The van der Waals surface area contributed by atoms with E-state index in [1.807, 2.05) is 20.8 Å². The topological polar surface area (TPSA) is 207 Å². The molecular formula is C47H59F3N6O10S. The highest BCUT2D eigenvalue weighted by Gasteiger charge is 2.64. The Hall–Kier alpha value is -5.66. The average Bonchev–Trinajstić information content (AvgIpc) is 4.13. The Morgan fingerprint density at radius 2 is 1.79 bits per heavy atom. The van der Waals surface area contributed by atoms with Crippen LogP contribution in [-0.2, 0) is 24.4 Å². The lowest BCUT2D eigenvalue weighted by atomic mass is 9.85. The number of sulfonamides is 1. The number of nitrogens with one attached hydrogen (secondary N) is 2. The molecule has 1 aromatic carbocycles. The molecule has 2 aromatic heterocycles. The Balaban J connectivity index is 1.31. The number of ether oxygens (including phenoxy) is 3. The highest BCUT2D eigenvalue weighted by Crippen LogP contribution is 2.48. The molecule has 4 aliphatic rings. The molecular weight excluding hydrogens is 898 g/mol. The number of nitrogens with zero attached hydrogens (tertiary/aromatic N) is 4. The number of fused-ring (bicyclic) bond motifs is 3. The summed E-state index contributed by atoms with van der Waals surface area (Å²) in [6, 6.07) is 6.95. The Morgan fingerprint density at radius 1 is 1.07 bits per heavy atom. The third-order valence-electron chi connectivity index (χ3n) is 13.7. The number of allylic oxidation sites excluding steroid dienone is 1. The third kappa shape index (κ3) is 9.86. The molecule has 3 aromatic rings. The predicted molar refractivity (Wildman–Crippen MR) is 241 cm³/mol. The summed E-state index contributed by atoms with van der Waals surface area (Å²) in [5.74, 6) is -3.78. The summed E-state index contributed by atoms with van der Waals surface area (Å²) >= 11 is 0. The molecule has 1 saturated heterocycles. The van der Waals surface area contributed by atoms with Crippen molar-refractivity contribution in [3.05, 3.63) is 54.7 Å². The lowest BCUT2D eigenvalue weighted by Crippen LogP contribution is -2.66. The van der Waals surface area contributed by atoms with Crippen molar-refractivity contribution in [2.75, 3.05) is 13.7 Å². The van der Waals surface area contributed by atoms with Gasteiger partial charge in [-0.15, -0.1) is 0 Å². The van der Waals surface area contributed by atoms with Gasteiger partial charge in [-0.25, -0.2) is 23.2 Å². The van der Waals surface area contributed by atoms with Crippen molar-refractivity contribution >= 4 is 44.6 Å². The van der Waals surface area contributed by atoms with Gasteiger partial charge < -0.3 is 29.5 Å². The van der Waals surface area contributed by atoms with Crippen LogP contribution in [0.4, 0.5) is 18.0 Å². The van der Waals surface area contributed by atoms with Gasteiger partial charge in [0.25, 0.3) is 5.91 Å². The minimum atomic E-state index is -5.12. The number of methoxy groups -OCH3 is 1. The minimum Gasteiger partial charge on any atom is -0.497 e. The smallest absolute Gasteiger partial charge is 0.411 e. The van der Waals surface area contributed by atoms with Crippen LogP contribution in [0.25, 0.3) is 22.0 Å². The van der Waals surface area contributed by atoms with Gasteiger partial charge in [0.2, 0.25) is 33.6 Å². The Labute approximate surface area is 388 Å². The summed E-state index contributed by atoms with van der Waals surface area (Å²) in [7, 11) is -2.65. The van der Waals surface area contributed by atoms with Crippen LogP contribution in [0.3, 0.4) is 0 Å². The van der Waals surface area contributed by atoms with Crippen molar-refractivity contribution in [1.29, 1.82) is 0 Å². The van der Waals surface area contributed by atoms with Gasteiger partial charge in [-0.05, 0) is 121 Å². The molecule has 0 unspecified atom stereocenters. The molecule has 3 N–H and O–H groups in total. The van der Waals surface area contributed by atoms with Gasteiger partial charge in [0, 0.05) is 35.6 Å². The van der Waals surface area contributed by atoms with E-state index in [0.29, 0.717) is 73.2 Å². The Morgan fingerprint density at radius 3 is 2.40 bits per heavy atom. The number of hydrogen-bond acceptors (Lipinski definition) is 11. The maximum Gasteiger partial charge on any atom is 0.411 e. The molecule has 2 aliphatic heterocycles. The van der Waals surface area contributed by atoms with Gasteiger partial charge in [-0.2, -0.15) is 13.2 Å². The Kier molecular flexibility index (Phi) is 13.3. The van der Waals surface area contributed by atoms with Gasteiger partial charge in [-0.3, -0.25) is 24.0 Å². The van der Waals surface area contributed by atoms with E-state index >= 15 is 4.79 Å². The quantitative estimate of drug-likeness (QED) is 0.166. The van der Waals surface area contributed by atoms with Crippen LogP contribution in [0, 0.1) is 17.8 Å². The fraction of sp³-hybridized carbons (Fsp3) is 0.574. The summed E-state index contributed by atoms with van der Waals surface area (Å²) in [6.07, 6.45) is -1.66. The standard InChI is InChI=1S/C47H59F3N6O10S/c1-26(2)65-37-16-13-29(24-51-37)35-21-30-20-32(64-8)14-15-34(30)40(52-35)66-33-22-36-39(57)53-46(42(59)54-67(62,63)45(7)17-18-45)23-31(46)12-10-9-11-27(3)19-28(4)38(41(58)55(36)25-33)56(43(60)61)44(5,6)47(48,49)50/h10,12-16,20-21,24,26-28,31,33,36,38H,9,11,17-19,22-23,25H2,1-8H3,(H,53,57)(H,54,59)(H,60,61)/b12-10-/t27-,28-,31-,33-,36+,38+,46-/m1/s1. The van der Waals surface area contributed by atoms with E-state index in [1.54, 1.807) is 54.7 Å². The first-order valence-electron chi connectivity index (χ1n) is 22.5. The average molecular weight is 957 g/mol. The molecule has 0 bridgehead atoms. The number of carboxylic acid groups (broad SMARTS) is 1. The number of halogens is 3. The largest absolute Gasteiger partial charge is 0.497 e. The second-order valence-corrected chi connectivity index (χ2v) is 21.8. The maximum atomic E-state index is 15.3. The van der Waals surface area contributed by atoms with Crippen LogP contribution in [0.15, 0.2) is 54.7 Å². The lowest BCUT2D eigenvalue weighted by molar-refractivity contribution is -0.222. The lowest BCUT2D eigenvalue weighted by Gasteiger charge is -2.45. The number of alkyl halides is 3. The molecule has 7 rings (SSSR count). The number of benzene rings is 1. The highest BCUT2D eigenvalue weighted by molar-refractivity contribution is 7.91. The van der Waals surface area contributed by atoms with Gasteiger partial charge in [0.05, 0.1) is 30.2 Å². The van der Waals surface area contributed by atoms with Crippen LogP contribution in [0.1, 0.15) is 93.4 Å². The number of hydrogen-bond donors (Lipinski definition) is 3. The summed E-state index contributed by atoms with van der Waals surface area (Å²) < 4.78 is 90.2. The molecule has 364 valence electrons. The zero-order chi connectivity index (χ0) is 49.0. The van der Waals surface area contributed by atoms with Gasteiger partial charge in [0.15, 0.2) is 0 Å². The number of carbonyl (C=O) groups excluding carboxylic acids is 3. The van der Waals surface area contributed by atoms with Crippen LogP contribution >= 0.6 is 0 Å². The molecule has 7 atom stereocenters. The SMILES string of the molecule is COc1ccc2c(O[C@@H]3C[C@H]4C(=O)N[C@]5(C(=O)NS(=O)(=O)C6(C)CC6)C[C@H]5/C=C\CC[C@@H](C)C[C@@H](C)[C@H](N(C(=O)O)C(C)(C)C(F)(F)F)C(=O)N4C3)nc(-c3ccc(OC(C)C)nc3)cc2c1. The van der Waals surface area contributed by atoms with Crippen molar-refractivity contribution < 1.29 is 60.1 Å². The molecule has 67 heavy (non-hydrogen) atoms. The van der Waals surface area contributed by atoms with E-state index in [4.69, 9.17) is 19.2 Å². The number of pyridine rings is 2. The fourth-order valence-electron chi connectivity index (χ4n) is 9.15. The third-order valence-corrected chi connectivity index (χ3v) is 15.8. The fourth-order valence-corrected chi connectivity index (χ4v) is 10.5. The number of amides is 4. The van der Waals surface area contributed by atoms with E-state index in [-0.39, 0.29) is 42.1 Å². The van der Waals surface area contributed by atoms with Crippen molar-refractivity contribution in [2.24, 2.45) is 17.8 Å². The molecule has 20 heteroatoms.